The Morgan fingerprint density at radius 1 is 1.33 bits per heavy atom. The van der Waals surface area contributed by atoms with Crippen molar-refractivity contribution in [2.45, 2.75) is 12.8 Å². The molecule has 0 saturated heterocycles. The van der Waals surface area contributed by atoms with Crippen LogP contribution < -0.4 is 5.43 Å². The number of aromatic nitrogens is 1. The maximum atomic E-state index is 14.3. The van der Waals surface area contributed by atoms with Crippen LogP contribution in [0.25, 0.3) is 17.1 Å². The molecule has 0 aromatic rings. The highest BCUT2D eigenvalue weighted by atomic mass is 79.9. The van der Waals surface area contributed by atoms with Gasteiger partial charge in [0.15, 0.2) is 0 Å². The zero-order valence-electron chi connectivity index (χ0n) is 11.1. The number of hydrogen-bond acceptors (Lipinski definition) is 2. The lowest BCUT2D eigenvalue weighted by Crippen LogP contribution is -2.21. The molecule has 0 spiro atoms. The number of fused-ring (bicyclic) bond motifs is 2. The number of hydrogen-bond donors (Lipinski definition) is 1. The number of rotatable bonds is 1. The van der Waals surface area contributed by atoms with Gasteiger partial charge in [-0.3, -0.25) is 4.79 Å². The summed E-state index contributed by atoms with van der Waals surface area (Å²) in [5, 5.41) is 9.03. The van der Waals surface area contributed by atoms with E-state index >= 15 is 0 Å². The number of carboxylic acids is 1. The van der Waals surface area contributed by atoms with Crippen LogP contribution in [0.4, 0.5) is 4.39 Å². The Kier molecular flexibility index (Phi) is 3.20. The van der Waals surface area contributed by atoms with Crippen molar-refractivity contribution in [3.63, 3.8) is 0 Å². The van der Waals surface area contributed by atoms with Crippen LogP contribution in [0.2, 0.25) is 0 Å². The van der Waals surface area contributed by atoms with E-state index in [9.17, 15) is 14.0 Å². The van der Waals surface area contributed by atoms with Crippen LogP contribution >= 0.6 is 15.9 Å². The average Bonchev–Trinajstić information content (AvgIpc) is 2.44. The summed E-state index contributed by atoms with van der Waals surface area (Å²) in [5.74, 6) is -1.67. The predicted molar refractivity (Wildman–Crippen MR) is 80.5 cm³/mol. The lowest BCUT2D eigenvalue weighted by Gasteiger charge is -2.23. The Bertz CT molecular complexity index is 838. The minimum absolute atomic E-state index is 0.216. The summed E-state index contributed by atoms with van der Waals surface area (Å²) in [6.45, 7) is 0. The van der Waals surface area contributed by atoms with E-state index in [-0.39, 0.29) is 11.1 Å². The Balaban J connectivity index is 2.43. The van der Waals surface area contributed by atoms with E-state index in [0.29, 0.717) is 28.6 Å². The molecular weight excluding hydrogens is 341 g/mol. The number of benzene rings is 1. The Hall–Kier alpha value is -1.95. The van der Waals surface area contributed by atoms with Crippen molar-refractivity contribution in [2.24, 2.45) is 7.05 Å². The largest absolute Gasteiger partial charge is 0.478 e. The summed E-state index contributed by atoms with van der Waals surface area (Å²) in [5.41, 5.74) is 1.08. The van der Waals surface area contributed by atoms with Gasteiger partial charge < -0.3 is 9.67 Å². The number of pyridine rings is 1. The summed E-state index contributed by atoms with van der Waals surface area (Å²) in [6, 6.07) is 4.34. The second-order valence-corrected chi connectivity index (χ2v) is 5.92. The Labute approximate surface area is 128 Å². The van der Waals surface area contributed by atoms with E-state index in [4.69, 9.17) is 5.11 Å². The fraction of sp³-hybridized carbons (Fsp3) is 0.200. The monoisotopic (exact) mass is 351 g/mol. The van der Waals surface area contributed by atoms with Crippen molar-refractivity contribution in [3.05, 3.63) is 49.7 Å². The van der Waals surface area contributed by atoms with Gasteiger partial charge in [-0.2, -0.15) is 0 Å². The first kappa shape index (κ1) is 14.0. The molecule has 3 rings (SSSR count). The van der Waals surface area contributed by atoms with Gasteiger partial charge in [-0.25, -0.2) is 9.18 Å². The predicted octanol–water partition coefficient (Wildman–Crippen LogP) is 3.17. The fourth-order valence-corrected chi connectivity index (χ4v) is 3.13. The fourth-order valence-electron chi connectivity index (χ4n) is 2.72. The van der Waals surface area contributed by atoms with Gasteiger partial charge in [0.1, 0.15) is 11.4 Å². The summed E-state index contributed by atoms with van der Waals surface area (Å²) < 4.78 is 16.5. The molecule has 0 atom stereocenters. The van der Waals surface area contributed by atoms with Gasteiger partial charge in [-0.1, -0.05) is 15.9 Å². The van der Waals surface area contributed by atoms with Crippen LogP contribution in [0.3, 0.4) is 0 Å². The van der Waals surface area contributed by atoms with Gasteiger partial charge in [-0.05, 0) is 31.0 Å². The molecule has 1 heterocycles. The average molecular weight is 352 g/mol. The molecule has 0 aromatic carbocycles. The van der Waals surface area contributed by atoms with Crippen molar-refractivity contribution in [2.75, 3.05) is 0 Å². The Morgan fingerprint density at radius 2 is 2.05 bits per heavy atom. The number of nitrogens with zero attached hydrogens (tertiary/aromatic N) is 1. The SMILES string of the molecule is Cn1c2ccc(C(=O)O)c(=O)c-2cc2c1CCC(Br)=C2F. The zero-order chi connectivity index (χ0) is 15.3. The first-order valence-corrected chi connectivity index (χ1v) is 7.14. The number of aromatic carboxylic acids is 1. The lowest BCUT2D eigenvalue weighted by molar-refractivity contribution is 0.0695. The molecule has 0 fully saturated rings. The smallest absolute Gasteiger partial charge is 0.339 e. The van der Waals surface area contributed by atoms with Gasteiger partial charge in [0.2, 0.25) is 5.43 Å². The molecule has 0 aromatic heterocycles. The number of carboxylic acid groups (broad SMARTS) is 1. The summed E-state index contributed by atoms with van der Waals surface area (Å²) in [7, 11) is 1.76. The minimum Gasteiger partial charge on any atom is -0.478 e. The number of allylic oxidation sites excluding steroid dienone is 1. The van der Waals surface area contributed by atoms with Crippen LogP contribution in [-0.4, -0.2) is 15.6 Å². The summed E-state index contributed by atoms with van der Waals surface area (Å²) in [4.78, 5) is 23.3. The molecule has 3 aliphatic rings. The molecule has 108 valence electrons. The van der Waals surface area contributed by atoms with Crippen LogP contribution in [0.5, 0.6) is 0 Å². The maximum Gasteiger partial charge on any atom is 0.339 e. The van der Waals surface area contributed by atoms with Gasteiger partial charge >= 0.3 is 5.97 Å². The van der Waals surface area contributed by atoms with E-state index in [1.165, 1.54) is 12.1 Å². The minimum atomic E-state index is -1.28. The van der Waals surface area contributed by atoms with E-state index < -0.39 is 17.2 Å². The summed E-state index contributed by atoms with van der Waals surface area (Å²) in [6.07, 6.45) is 1.22. The van der Waals surface area contributed by atoms with E-state index in [1.807, 2.05) is 0 Å². The topological polar surface area (TPSA) is 59.3 Å². The molecule has 0 bridgehead atoms. The molecule has 0 amide bonds. The maximum absolute atomic E-state index is 14.3. The highest BCUT2D eigenvalue weighted by molar-refractivity contribution is 9.11. The first-order chi connectivity index (χ1) is 9.91. The molecule has 1 N–H and O–H groups in total. The first-order valence-electron chi connectivity index (χ1n) is 6.35. The van der Waals surface area contributed by atoms with E-state index in [1.54, 1.807) is 17.7 Å². The van der Waals surface area contributed by atoms with Gasteiger partial charge in [-0.15, -0.1) is 0 Å². The zero-order valence-corrected chi connectivity index (χ0v) is 12.7. The molecule has 6 heteroatoms. The van der Waals surface area contributed by atoms with Crippen molar-refractivity contribution >= 4 is 27.7 Å². The van der Waals surface area contributed by atoms with Crippen molar-refractivity contribution in [3.8, 4) is 11.3 Å². The van der Waals surface area contributed by atoms with E-state index in [2.05, 4.69) is 15.9 Å². The highest BCUT2D eigenvalue weighted by Crippen LogP contribution is 2.37. The highest BCUT2D eigenvalue weighted by Gasteiger charge is 2.25. The summed E-state index contributed by atoms with van der Waals surface area (Å²) >= 11 is 3.19. The van der Waals surface area contributed by atoms with Crippen molar-refractivity contribution < 1.29 is 14.3 Å². The standard InChI is InChI=1S/C15H11BrFNO3/c1-18-11-5-3-10(16)13(17)8(11)6-9-12(18)4-2-7(14(9)19)15(20)21/h2,4,6H,3,5H2,1H3,(H,20,21). The molecule has 2 aliphatic carbocycles. The third-order valence-corrected chi connectivity index (χ3v) is 4.57. The lowest BCUT2D eigenvalue weighted by atomic mass is 9.95. The van der Waals surface area contributed by atoms with Crippen LogP contribution in [-0.2, 0) is 13.5 Å². The molecule has 0 saturated carbocycles. The van der Waals surface area contributed by atoms with Gasteiger partial charge in [0, 0.05) is 28.4 Å². The normalized spacial score (nSPS) is 14.4. The molecule has 0 radical (unpaired) electrons. The van der Waals surface area contributed by atoms with Gasteiger partial charge in [0.25, 0.3) is 0 Å². The van der Waals surface area contributed by atoms with Crippen LogP contribution in [0.15, 0.2) is 27.5 Å². The quantitative estimate of drug-likeness (QED) is 0.858. The van der Waals surface area contributed by atoms with Crippen molar-refractivity contribution in [1.82, 2.24) is 4.57 Å². The van der Waals surface area contributed by atoms with Crippen molar-refractivity contribution in [1.29, 1.82) is 0 Å². The Morgan fingerprint density at radius 3 is 2.71 bits per heavy atom. The second-order valence-electron chi connectivity index (χ2n) is 4.96. The van der Waals surface area contributed by atoms with Crippen LogP contribution in [0.1, 0.15) is 28.0 Å². The molecule has 4 nitrogen and oxygen atoms in total. The number of carbonyl (C=O) groups is 1. The van der Waals surface area contributed by atoms with Gasteiger partial charge in [0.05, 0.1) is 5.69 Å². The third-order valence-electron chi connectivity index (χ3n) is 3.83. The molecule has 0 unspecified atom stereocenters. The third kappa shape index (κ3) is 2.01. The molecule has 1 aliphatic heterocycles. The van der Waals surface area contributed by atoms with Crippen LogP contribution in [0, 0.1) is 0 Å². The molecule has 21 heavy (non-hydrogen) atoms. The molecular formula is C15H11BrFNO3. The number of halogens is 2. The van der Waals surface area contributed by atoms with E-state index in [0.717, 1.165) is 5.69 Å². The second kappa shape index (κ2) is 4.80.